The van der Waals surface area contributed by atoms with Gasteiger partial charge in [-0.25, -0.2) is 0 Å². The van der Waals surface area contributed by atoms with Crippen LogP contribution in [0, 0.1) is 0 Å². The lowest BCUT2D eigenvalue weighted by Gasteiger charge is -2.51. The molecule has 2 nitrogen and oxygen atoms in total. The molecule has 24 heavy (non-hydrogen) atoms. The van der Waals surface area contributed by atoms with Gasteiger partial charge in [0.2, 0.25) is 0 Å². The first-order valence-corrected chi connectivity index (χ1v) is 15.6. The Morgan fingerprint density at radius 1 is 0.625 bits per heavy atom. The van der Waals surface area contributed by atoms with Crippen molar-refractivity contribution < 1.29 is 0 Å². The molecule has 0 unspecified atom stereocenters. The van der Waals surface area contributed by atoms with Gasteiger partial charge in [0.25, 0.3) is 0 Å². The van der Waals surface area contributed by atoms with Crippen LogP contribution in [0.1, 0.15) is 90.9 Å². The molecule has 2 saturated carbocycles. The fourth-order valence-corrected chi connectivity index (χ4v) is 17.6. The van der Waals surface area contributed by atoms with Gasteiger partial charge in [-0.15, -0.1) is 0 Å². The van der Waals surface area contributed by atoms with E-state index in [0.29, 0.717) is 0 Å². The molecule has 3 aliphatic rings. The highest BCUT2D eigenvalue weighted by molar-refractivity contribution is 6.92. The highest BCUT2D eigenvalue weighted by Crippen LogP contribution is 2.34. The first-order chi connectivity index (χ1) is 11.8. The zero-order valence-electron chi connectivity index (χ0n) is 16.5. The van der Waals surface area contributed by atoms with Gasteiger partial charge >= 0.3 is 0 Å². The zero-order valence-corrected chi connectivity index (χ0v) is 18.8. The molecular formula is C20H42N2Si2. The molecule has 0 spiro atoms. The molecule has 0 atom stereocenters. The Morgan fingerprint density at radius 3 is 1.33 bits per heavy atom. The van der Waals surface area contributed by atoms with E-state index in [4.69, 9.17) is 0 Å². The molecule has 1 aliphatic heterocycles. The molecule has 1 heterocycles. The summed E-state index contributed by atoms with van der Waals surface area (Å²) in [6, 6.07) is 2.00. The van der Waals surface area contributed by atoms with Crippen molar-refractivity contribution >= 4 is 17.9 Å². The van der Waals surface area contributed by atoms with Gasteiger partial charge in [-0.2, -0.15) is 0 Å². The molecule has 140 valence electrons. The first-order valence-electron chi connectivity index (χ1n) is 11.3. The number of hydrogen-bond donors (Lipinski definition) is 0. The Morgan fingerprint density at radius 2 is 1.00 bits per heavy atom. The maximum atomic E-state index is 3.12. The fraction of sp³-hybridized carbons (Fsp3) is 1.00. The normalized spacial score (nSPS) is 30.0. The Balaban J connectivity index is 1.54. The molecule has 0 aromatic carbocycles. The van der Waals surface area contributed by atoms with E-state index in [0.717, 1.165) is 12.1 Å². The summed E-state index contributed by atoms with van der Waals surface area (Å²) in [5.74, 6) is 0. The van der Waals surface area contributed by atoms with Crippen LogP contribution < -0.4 is 0 Å². The lowest BCUT2D eigenvalue weighted by atomic mass is 9.95. The maximum absolute atomic E-state index is 3.12. The van der Waals surface area contributed by atoms with Gasteiger partial charge in [-0.3, -0.25) is 0 Å². The largest absolute Gasteiger partial charge is 0.324 e. The van der Waals surface area contributed by atoms with Crippen molar-refractivity contribution in [2.45, 2.75) is 114 Å². The third-order valence-electron chi connectivity index (χ3n) is 7.08. The molecule has 0 bridgehead atoms. The summed E-state index contributed by atoms with van der Waals surface area (Å²) in [6.07, 6.45) is 17.9. The Kier molecular flexibility index (Phi) is 7.88. The van der Waals surface area contributed by atoms with Crippen LogP contribution in [0.3, 0.4) is 0 Å². The van der Waals surface area contributed by atoms with E-state index in [-0.39, 0.29) is 0 Å². The first kappa shape index (κ1) is 19.1. The fourth-order valence-electron chi connectivity index (χ4n) is 5.77. The SMILES string of the molecule is CCCN(C1CCCCC1)[SiH]1C[SiH](N(CCC)C2CCCCC2)C1. The Hall–Kier alpha value is 0.354. The summed E-state index contributed by atoms with van der Waals surface area (Å²) in [5, 5.41) is 0. The summed E-state index contributed by atoms with van der Waals surface area (Å²) in [5.41, 5.74) is 3.49. The van der Waals surface area contributed by atoms with E-state index < -0.39 is 17.9 Å². The smallest absolute Gasteiger partial charge is 0.109 e. The topological polar surface area (TPSA) is 6.48 Å². The van der Waals surface area contributed by atoms with Crippen LogP contribution in [-0.4, -0.2) is 52.2 Å². The van der Waals surface area contributed by atoms with E-state index in [1.165, 1.54) is 90.1 Å². The van der Waals surface area contributed by atoms with Gasteiger partial charge in [0.15, 0.2) is 0 Å². The Labute approximate surface area is 154 Å². The summed E-state index contributed by atoms with van der Waals surface area (Å²) in [7, 11) is -1.09. The van der Waals surface area contributed by atoms with Gasteiger partial charge < -0.3 is 9.13 Å². The van der Waals surface area contributed by atoms with Gasteiger partial charge in [-0.05, 0) is 62.9 Å². The van der Waals surface area contributed by atoms with Gasteiger partial charge in [-0.1, -0.05) is 52.4 Å². The van der Waals surface area contributed by atoms with Crippen LogP contribution in [-0.2, 0) is 0 Å². The van der Waals surface area contributed by atoms with E-state index in [1.807, 2.05) is 0 Å². The van der Waals surface area contributed by atoms with Crippen molar-refractivity contribution in [2.24, 2.45) is 0 Å². The van der Waals surface area contributed by atoms with Crippen LogP contribution in [0.25, 0.3) is 0 Å². The molecule has 1 saturated heterocycles. The molecule has 3 fully saturated rings. The van der Waals surface area contributed by atoms with Crippen molar-refractivity contribution in [3.05, 3.63) is 0 Å². The lowest BCUT2D eigenvalue weighted by molar-refractivity contribution is 0.239. The number of nitrogens with zero attached hydrogens (tertiary/aromatic N) is 2. The van der Waals surface area contributed by atoms with Crippen LogP contribution in [0.15, 0.2) is 0 Å². The van der Waals surface area contributed by atoms with E-state index in [9.17, 15) is 0 Å². The van der Waals surface area contributed by atoms with Crippen molar-refractivity contribution in [2.75, 3.05) is 13.1 Å². The highest BCUT2D eigenvalue weighted by Gasteiger charge is 2.43. The Bertz CT molecular complexity index is 316. The zero-order chi connectivity index (χ0) is 16.8. The van der Waals surface area contributed by atoms with Gasteiger partial charge in [0, 0.05) is 12.1 Å². The third-order valence-corrected chi connectivity index (χ3v) is 19.0. The molecule has 0 aromatic heterocycles. The standard InChI is InChI=1S/C20H42N2Si2/c1-3-15-21(19-11-7-5-8-12-19)23-17-24(18-23)22(16-4-2)20-13-9-6-10-14-20/h19-20,23-24H,3-18H2,1-2H3. The number of hydrogen-bond acceptors (Lipinski definition) is 2. The monoisotopic (exact) mass is 366 g/mol. The molecule has 0 N–H and O–H groups in total. The average molecular weight is 367 g/mol. The number of rotatable bonds is 8. The minimum atomic E-state index is -0.546. The van der Waals surface area contributed by atoms with Crippen LogP contribution in [0.4, 0.5) is 0 Å². The molecule has 4 heteroatoms. The van der Waals surface area contributed by atoms with E-state index in [1.54, 1.807) is 11.3 Å². The second-order valence-corrected chi connectivity index (χ2v) is 16.6. The van der Waals surface area contributed by atoms with Crippen molar-refractivity contribution in [1.82, 2.24) is 9.13 Å². The summed E-state index contributed by atoms with van der Waals surface area (Å²) < 4.78 is 6.24. The van der Waals surface area contributed by atoms with Crippen LogP contribution in [0.5, 0.6) is 0 Å². The highest BCUT2D eigenvalue weighted by atomic mass is 28.4. The minimum Gasteiger partial charge on any atom is -0.324 e. The minimum absolute atomic E-state index is 0.546. The predicted octanol–water partition coefficient (Wildman–Crippen LogP) is 4.62. The third kappa shape index (κ3) is 4.74. The lowest BCUT2D eigenvalue weighted by Crippen LogP contribution is -2.63. The summed E-state index contributed by atoms with van der Waals surface area (Å²) in [6.45, 7) is 7.67. The average Bonchev–Trinajstić information content (AvgIpc) is 2.60. The second-order valence-electron chi connectivity index (χ2n) is 8.84. The van der Waals surface area contributed by atoms with Crippen molar-refractivity contribution in [3.63, 3.8) is 0 Å². The quantitative estimate of drug-likeness (QED) is 0.579. The van der Waals surface area contributed by atoms with Crippen LogP contribution in [0.2, 0.25) is 11.3 Å². The molecular weight excluding hydrogens is 324 g/mol. The second kappa shape index (κ2) is 9.89. The maximum Gasteiger partial charge on any atom is 0.109 e. The van der Waals surface area contributed by atoms with E-state index in [2.05, 4.69) is 23.0 Å². The molecule has 2 aliphatic carbocycles. The molecule has 0 radical (unpaired) electrons. The van der Waals surface area contributed by atoms with Crippen LogP contribution >= 0.6 is 0 Å². The van der Waals surface area contributed by atoms with Crippen molar-refractivity contribution in [3.8, 4) is 0 Å². The van der Waals surface area contributed by atoms with Gasteiger partial charge in [0.05, 0.1) is 0 Å². The molecule has 0 aromatic rings. The van der Waals surface area contributed by atoms with Gasteiger partial charge in [0.1, 0.15) is 17.9 Å². The summed E-state index contributed by atoms with van der Waals surface area (Å²) >= 11 is 0. The molecule has 3 rings (SSSR count). The predicted molar refractivity (Wildman–Crippen MR) is 112 cm³/mol. The van der Waals surface area contributed by atoms with Crippen molar-refractivity contribution in [1.29, 1.82) is 0 Å². The molecule has 0 amide bonds. The van der Waals surface area contributed by atoms with E-state index >= 15 is 0 Å². The summed E-state index contributed by atoms with van der Waals surface area (Å²) in [4.78, 5) is 0.